The molecule has 100 valence electrons. The molecule has 4 nitrogen and oxygen atoms in total. The third-order valence-corrected chi connectivity index (χ3v) is 3.07. The summed E-state index contributed by atoms with van der Waals surface area (Å²) in [5, 5.41) is 9.87. The first-order valence-corrected chi connectivity index (χ1v) is 5.78. The van der Waals surface area contributed by atoms with Crippen molar-refractivity contribution in [2.75, 3.05) is 6.61 Å². The second kappa shape index (κ2) is 5.06. The van der Waals surface area contributed by atoms with E-state index < -0.39 is 24.4 Å². The van der Waals surface area contributed by atoms with Gasteiger partial charge in [0.1, 0.15) is 17.6 Å². The van der Waals surface area contributed by atoms with Crippen LogP contribution in [-0.2, 0) is 11.2 Å². The molecule has 0 radical (unpaired) electrons. The predicted molar refractivity (Wildman–Crippen MR) is 57.4 cm³/mol. The molecule has 1 aliphatic carbocycles. The molecule has 1 N–H and O–H groups in total. The van der Waals surface area contributed by atoms with Crippen LogP contribution in [0.4, 0.5) is 8.78 Å². The van der Waals surface area contributed by atoms with E-state index >= 15 is 0 Å². The van der Waals surface area contributed by atoms with Crippen molar-refractivity contribution in [3.05, 3.63) is 23.2 Å². The van der Waals surface area contributed by atoms with Crippen LogP contribution in [0.25, 0.3) is 0 Å². The SMILES string of the molecule is CCOC(=O)c1coc2c1[C@H](O)C[C@H](C(F)F)C2. The van der Waals surface area contributed by atoms with E-state index in [4.69, 9.17) is 9.15 Å². The fourth-order valence-corrected chi connectivity index (χ4v) is 2.22. The summed E-state index contributed by atoms with van der Waals surface area (Å²) < 4.78 is 35.2. The molecule has 0 saturated carbocycles. The van der Waals surface area contributed by atoms with E-state index in [0.29, 0.717) is 5.56 Å². The van der Waals surface area contributed by atoms with Gasteiger partial charge in [0, 0.05) is 17.9 Å². The number of halogens is 2. The van der Waals surface area contributed by atoms with E-state index in [1.54, 1.807) is 6.92 Å². The smallest absolute Gasteiger partial charge is 0.341 e. The normalized spacial score (nSPS) is 22.9. The van der Waals surface area contributed by atoms with Gasteiger partial charge in [0.25, 0.3) is 0 Å². The van der Waals surface area contributed by atoms with Gasteiger partial charge in [0.2, 0.25) is 6.43 Å². The molecule has 0 amide bonds. The van der Waals surface area contributed by atoms with Crippen molar-refractivity contribution >= 4 is 5.97 Å². The van der Waals surface area contributed by atoms with Gasteiger partial charge in [-0.3, -0.25) is 0 Å². The largest absolute Gasteiger partial charge is 0.468 e. The van der Waals surface area contributed by atoms with Crippen LogP contribution in [0.1, 0.15) is 41.1 Å². The van der Waals surface area contributed by atoms with Crippen LogP contribution >= 0.6 is 0 Å². The predicted octanol–water partition coefficient (Wildman–Crippen LogP) is 2.32. The summed E-state index contributed by atoms with van der Waals surface area (Å²) >= 11 is 0. The molecular weight excluding hydrogens is 246 g/mol. The molecule has 0 bridgehead atoms. The van der Waals surface area contributed by atoms with Crippen molar-refractivity contribution in [2.24, 2.45) is 5.92 Å². The third-order valence-electron chi connectivity index (χ3n) is 3.07. The number of fused-ring (bicyclic) bond motifs is 1. The molecule has 1 aliphatic rings. The minimum atomic E-state index is -2.51. The molecule has 18 heavy (non-hydrogen) atoms. The van der Waals surface area contributed by atoms with Crippen molar-refractivity contribution in [2.45, 2.75) is 32.3 Å². The first-order valence-electron chi connectivity index (χ1n) is 5.78. The molecule has 0 aromatic carbocycles. The lowest BCUT2D eigenvalue weighted by molar-refractivity contribution is 0.0254. The van der Waals surface area contributed by atoms with Crippen molar-refractivity contribution in [3.8, 4) is 0 Å². The summed E-state index contributed by atoms with van der Waals surface area (Å²) in [6.07, 6.45) is -2.49. The zero-order valence-electron chi connectivity index (χ0n) is 9.86. The van der Waals surface area contributed by atoms with Crippen LogP contribution in [-0.4, -0.2) is 24.1 Å². The van der Waals surface area contributed by atoms with Gasteiger partial charge >= 0.3 is 5.97 Å². The van der Waals surface area contributed by atoms with Crippen LogP contribution in [0.2, 0.25) is 0 Å². The minimum absolute atomic E-state index is 0.0312. The van der Waals surface area contributed by atoms with E-state index in [9.17, 15) is 18.7 Å². The summed E-state index contributed by atoms with van der Waals surface area (Å²) in [6, 6.07) is 0. The highest BCUT2D eigenvalue weighted by Gasteiger charge is 2.36. The summed E-state index contributed by atoms with van der Waals surface area (Å²) in [5.74, 6) is -1.28. The summed E-state index contributed by atoms with van der Waals surface area (Å²) in [4.78, 5) is 11.6. The van der Waals surface area contributed by atoms with Gasteiger partial charge in [-0.05, 0) is 13.3 Å². The Labute approximate surface area is 103 Å². The number of hydrogen-bond donors (Lipinski definition) is 1. The molecule has 0 aliphatic heterocycles. The van der Waals surface area contributed by atoms with E-state index in [1.807, 2.05) is 0 Å². The minimum Gasteiger partial charge on any atom is -0.468 e. The Morgan fingerprint density at radius 3 is 3.00 bits per heavy atom. The highest BCUT2D eigenvalue weighted by Crippen LogP contribution is 2.39. The van der Waals surface area contributed by atoms with Crippen molar-refractivity contribution in [3.63, 3.8) is 0 Å². The number of carbonyl (C=O) groups is 1. The second-order valence-corrected chi connectivity index (χ2v) is 4.26. The van der Waals surface area contributed by atoms with Gasteiger partial charge in [-0.2, -0.15) is 0 Å². The van der Waals surface area contributed by atoms with Crippen molar-refractivity contribution < 1.29 is 27.8 Å². The maximum Gasteiger partial charge on any atom is 0.341 e. The maximum atomic E-state index is 12.6. The third kappa shape index (κ3) is 2.25. The molecule has 1 heterocycles. The molecule has 0 spiro atoms. The van der Waals surface area contributed by atoms with Crippen LogP contribution in [0, 0.1) is 5.92 Å². The Hall–Kier alpha value is -1.43. The van der Waals surface area contributed by atoms with E-state index in [1.165, 1.54) is 6.26 Å². The number of hydrogen-bond acceptors (Lipinski definition) is 4. The van der Waals surface area contributed by atoms with Crippen LogP contribution in [0.3, 0.4) is 0 Å². The Balaban J connectivity index is 2.28. The topological polar surface area (TPSA) is 59.7 Å². The second-order valence-electron chi connectivity index (χ2n) is 4.26. The molecule has 0 unspecified atom stereocenters. The quantitative estimate of drug-likeness (QED) is 0.847. The average molecular weight is 260 g/mol. The summed E-state index contributed by atoms with van der Waals surface area (Å²) in [6.45, 7) is 1.86. The fraction of sp³-hybridized carbons (Fsp3) is 0.583. The lowest BCUT2D eigenvalue weighted by atomic mass is 9.85. The first-order chi connectivity index (χ1) is 8.54. The monoisotopic (exact) mass is 260 g/mol. The van der Waals surface area contributed by atoms with Gasteiger partial charge in [-0.1, -0.05) is 0 Å². The molecule has 0 fully saturated rings. The fourth-order valence-electron chi connectivity index (χ4n) is 2.22. The molecule has 6 heteroatoms. The Bertz CT molecular complexity index is 441. The van der Waals surface area contributed by atoms with E-state index in [-0.39, 0.29) is 30.8 Å². The Morgan fingerprint density at radius 2 is 2.39 bits per heavy atom. The first kappa shape index (κ1) is 13.0. The zero-order chi connectivity index (χ0) is 13.3. The molecular formula is C12H14F2O4. The lowest BCUT2D eigenvalue weighted by Crippen LogP contribution is -2.24. The number of esters is 1. The van der Waals surface area contributed by atoms with Crippen LogP contribution in [0.15, 0.2) is 10.7 Å². The molecule has 2 rings (SSSR count). The lowest BCUT2D eigenvalue weighted by Gasteiger charge is -2.25. The Kier molecular flexibility index (Phi) is 3.65. The average Bonchev–Trinajstić information content (AvgIpc) is 2.73. The molecule has 0 saturated heterocycles. The number of alkyl halides is 2. The van der Waals surface area contributed by atoms with E-state index in [2.05, 4.69) is 0 Å². The maximum absolute atomic E-state index is 12.6. The number of aliphatic hydroxyl groups is 1. The van der Waals surface area contributed by atoms with Crippen molar-refractivity contribution in [1.29, 1.82) is 0 Å². The summed E-state index contributed by atoms with van der Waals surface area (Å²) in [7, 11) is 0. The van der Waals surface area contributed by atoms with Crippen LogP contribution < -0.4 is 0 Å². The standard InChI is InChI=1S/C12H14F2O4/c1-2-17-12(16)7-5-18-9-4-6(11(13)14)3-8(15)10(7)9/h5-6,8,11,15H,2-4H2,1H3/t6-,8+/m0/s1. The van der Waals surface area contributed by atoms with Gasteiger partial charge in [0.05, 0.1) is 12.7 Å². The van der Waals surface area contributed by atoms with Gasteiger partial charge in [-0.15, -0.1) is 0 Å². The Morgan fingerprint density at radius 1 is 1.67 bits per heavy atom. The van der Waals surface area contributed by atoms with Gasteiger partial charge in [0.15, 0.2) is 0 Å². The van der Waals surface area contributed by atoms with Gasteiger partial charge < -0.3 is 14.3 Å². The highest BCUT2D eigenvalue weighted by molar-refractivity contribution is 5.91. The van der Waals surface area contributed by atoms with Crippen molar-refractivity contribution in [1.82, 2.24) is 0 Å². The number of aliphatic hydroxyl groups excluding tert-OH is 1. The number of rotatable bonds is 3. The molecule has 1 aromatic heterocycles. The number of ether oxygens (including phenoxy) is 1. The van der Waals surface area contributed by atoms with Crippen LogP contribution in [0.5, 0.6) is 0 Å². The molecule has 2 atom stereocenters. The summed E-state index contributed by atoms with van der Waals surface area (Å²) in [5.41, 5.74) is 0.428. The van der Waals surface area contributed by atoms with Gasteiger partial charge in [-0.25, -0.2) is 13.6 Å². The molecule has 1 aromatic rings. The highest BCUT2D eigenvalue weighted by atomic mass is 19.3. The number of furan rings is 1. The van der Waals surface area contributed by atoms with E-state index in [0.717, 1.165) is 0 Å². The zero-order valence-corrected chi connectivity index (χ0v) is 9.86. The number of carbonyl (C=O) groups excluding carboxylic acids is 1.